The van der Waals surface area contributed by atoms with Gasteiger partial charge in [-0.05, 0) is 38.7 Å². The Morgan fingerprint density at radius 2 is 1.56 bits per heavy atom. The smallest absolute Gasteiger partial charge is 0.271 e. The average molecular weight is 394 g/mol. The lowest BCUT2D eigenvalue weighted by Crippen LogP contribution is -2.35. The largest absolute Gasteiger partial charge is 0.298 e. The average Bonchev–Trinajstić information content (AvgIpc) is 2.66. The molecule has 0 atom stereocenters. The van der Waals surface area contributed by atoms with Crippen molar-refractivity contribution in [3.8, 4) is 11.1 Å². The summed E-state index contributed by atoms with van der Waals surface area (Å²) in [6.07, 6.45) is 3.12. The summed E-state index contributed by atoms with van der Waals surface area (Å²) in [5.41, 5.74) is 9.70. The highest BCUT2D eigenvalue weighted by molar-refractivity contribution is 9.10. The number of hydrazine groups is 1. The first kappa shape index (κ1) is 16.9. The lowest BCUT2D eigenvalue weighted by molar-refractivity contribution is 0.0942. The molecule has 1 heterocycles. The fourth-order valence-corrected chi connectivity index (χ4v) is 2.67. The number of carbonyl (C=O) groups is 1. The van der Waals surface area contributed by atoms with Gasteiger partial charge in [0.2, 0.25) is 0 Å². The molecule has 25 heavy (non-hydrogen) atoms. The van der Waals surface area contributed by atoms with Gasteiger partial charge in [-0.2, -0.15) is 0 Å². The third-order valence-electron chi connectivity index (χ3n) is 3.63. The molecule has 5 heteroatoms. The van der Waals surface area contributed by atoms with Gasteiger partial charge in [-0.25, -0.2) is 0 Å². The Hall–Kier alpha value is -2.92. The van der Waals surface area contributed by atoms with Crippen LogP contribution in [0.4, 0.5) is 0 Å². The van der Waals surface area contributed by atoms with Gasteiger partial charge >= 0.3 is 0 Å². The zero-order valence-corrected chi connectivity index (χ0v) is 15.0. The topological polar surface area (TPSA) is 54.0 Å². The first-order chi connectivity index (χ1) is 12.1. The molecule has 2 aromatic carbocycles. The highest BCUT2D eigenvalue weighted by Gasteiger charge is 2.07. The normalized spacial score (nSPS) is 10.1. The summed E-state index contributed by atoms with van der Waals surface area (Å²) in [4.78, 5) is 16.1. The quantitative estimate of drug-likeness (QED) is 0.630. The van der Waals surface area contributed by atoms with Gasteiger partial charge in [0.25, 0.3) is 5.91 Å². The van der Waals surface area contributed by atoms with Crippen molar-refractivity contribution in [1.82, 2.24) is 15.8 Å². The molecule has 0 saturated heterocycles. The van der Waals surface area contributed by atoms with E-state index in [-0.39, 0.29) is 5.91 Å². The van der Waals surface area contributed by atoms with Gasteiger partial charge in [0.1, 0.15) is 0 Å². The zero-order chi connectivity index (χ0) is 17.6. The monoisotopic (exact) mass is 393 g/mol. The minimum absolute atomic E-state index is 0.282. The maximum Gasteiger partial charge on any atom is 0.271 e. The number of halogens is 1. The summed E-state index contributed by atoms with van der Waals surface area (Å²) in [6, 6.07) is 19.8. The molecule has 0 fully saturated rings. The van der Waals surface area contributed by atoms with Gasteiger partial charge in [-0.1, -0.05) is 61.2 Å². The van der Waals surface area contributed by atoms with Crippen molar-refractivity contribution in [2.24, 2.45) is 0 Å². The molecular weight excluding hydrogens is 378 g/mol. The Labute approximate surface area is 154 Å². The van der Waals surface area contributed by atoms with Crippen molar-refractivity contribution in [3.63, 3.8) is 0 Å². The van der Waals surface area contributed by atoms with Crippen LogP contribution in [0.2, 0.25) is 0 Å². The first-order valence-corrected chi connectivity index (χ1v) is 8.44. The van der Waals surface area contributed by atoms with Crippen LogP contribution in [-0.2, 0) is 0 Å². The molecule has 0 aliphatic carbocycles. The van der Waals surface area contributed by atoms with Crippen LogP contribution in [0.5, 0.6) is 0 Å². The predicted molar refractivity (Wildman–Crippen MR) is 103 cm³/mol. The molecule has 1 aromatic heterocycles. The molecule has 4 nitrogen and oxygen atoms in total. The summed E-state index contributed by atoms with van der Waals surface area (Å²) in [5, 5.41) is 0. The Morgan fingerprint density at radius 1 is 0.880 bits per heavy atom. The number of carbonyl (C=O) groups excluding carboxylic acids is 1. The number of rotatable bonds is 5. The van der Waals surface area contributed by atoms with E-state index in [4.69, 9.17) is 0 Å². The second kappa shape index (κ2) is 7.77. The van der Waals surface area contributed by atoms with Crippen molar-refractivity contribution in [2.75, 3.05) is 0 Å². The molecule has 0 aliphatic heterocycles. The van der Waals surface area contributed by atoms with Gasteiger partial charge in [0.05, 0.1) is 11.3 Å². The van der Waals surface area contributed by atoms with E-state index in [0.717, 1.165) is 21.2 Å². The Bertz CT molecular complexity index is 892. The van der Waals surface area contributed by atoms with E-state index in [0.29, 0.717) is 11.3 Å². The van der Waals surface area contributed by atoms with E-state index in [1.165, 1.54) is 6.20 Å². The van der Waals surface area contributed by atoms with Crippen LogP contribution in [0, 0.1) is 0 Å². The Morgan fingerprint density at radius 3 is 2.24 bits per heavy atom. The maximum absolute atomic E-state index is 12.1. The van der Waals surface area contributed by atoms with E-state index in [1.807, 2.05) is 42.5 Å². The molecule has 2 N–H and O–H groups in total. The number of pyridine rings is 1. The van der Waals surface area contributed by atoms with E-state index in [9.17, 15) is 4.79 Å². The molecular formula is C20H16BrN3O. The second-order valence-corrected chi connectivity index (χ2v) is 6.31. The fourth-order valence-electron chi connectivity index (χ4n) is 2.31. The lowest BCUT2D eigenvalue weighted by Gasteiger charge is -2.12. The van der Waals surface area contributed by atoms with Crippen LogP contribution in [-0.4, -0.2) is 10.9 Å². The van der Waals surface area contributed by atoms with Crippen LogP contribution >= 0.6 is 15.9 Å². The molecule has 3 rings (SSSR count). The second-order valence-electron chi connectivity index (χ2n) is 5.39. The standard InChI is InChI=1S/C20H16BrN3O/c1-14(23-24-20(25)18-11-19(21)13-22-12-18)15-7-9-17(10-8-15)16-5-3-2-4-6-16/h2-13,23H,1H2,(H,24,25). The van der Waals surface area contributed by atoms with Crippen molar-refractivity contribution in [1.29, 1.82) is 0 Å². The maximum atomic E-state index is 12.1. The molecule has 0 spiro atoms. The Kier molecular flexibility index (Phi) is 5.26. The minimum atomic E-state index is -0.282. The van der Waals surface area contributed by atoms with Gasteiger partial charge in [-0.15, -0.1) is 0 Å². The number of nitrogens with one attached hydrogen (secondary N) is 2. The third kappa shape index (κ3) is 4.33. The predicted octanol–water partition coefficient (Wildman–Crippen LogP) is 4.42. The van der Waals surface area contributed by atoms with Gasteiger partial charge in [0.15, 0.2) is 0 Å². The summed E-state index contributed by atoms with van der Waals surface area (Å²) >= 11 is 3.29. The Balaban J connectivity index is 1.63. The summed E-state index contributed by atoms with van der Waals surface area (Å²) < 4.78 is 0.746. The number of aromatic nitrogens is 1. The highest BCUT2D eigenvalue weighted by atomic mass is 79.9. The van der Waals surface area contributed by atoms with Crippen LogP contribution in [0.1, 0.15) is 15.9 Å². The SMILES string of the molecule is C=C(NNC(=O)c1cncc(Br)c1)c1ccc(-c2ccccc2)cc1. The van der Waals surface area contributed by atoms with Gasteiger partial charge in [-0.3, -0.25) is 20.6 Å². The number of nitrogens with zero attached hydrogens (tertiary/aromatic N) is 1. The molecule has 0 saturated carbocycles. The van der Waals surface area contributed by atoms with Crippen LogP contribution in [0.3, 0.4) is 0 Å². The molecule has 3 aromatic rings. The molecule has 1 amide bonds. The van der Waals surface area contributed by atoms with E-state index >= 15 is 0 Å². The molecule has 0 aliphatic rings. The zero-order valence-electron chi connectivity index (χ0n) is 13.4. The first-order valence-electron chi connectivity index (χ1n) is 7.65. The fraction of sp³-hybridized carbons (Fsp3) is 0. The van der Waals surface area contributed by atoms with Crippen LogP contribution in [0.15, 0.2) is 84.1 Å². The van der Waals surface area contributed by atoms with E-state index < -0.39 is 0 Å². The minimum Gasteiger partial charge on any atom is -0.298 e. The van der Waals surface area contributed by atoms with Crippen molar-refractivity contribution in [3.05, 3.63) is 95.2 Å². The van der Waals surface area contributed by atoms with Gasteiger partial charge in [0, 0.05) is 16.9 Å². The van der Waals surface area contributed by atoms with Gasteiger partial charge < -0.3 is 0 Å². The van der Waals surface area contributed by atoms with Crippen LogP contribution in [0.25, 0.3) is 16.8 Å². The van der Waals surface area contributed by atoms with E-state index in [2.05, 4.69) is 50.5 Å². The summed E-state index contributed by atoms with van der Waals surface area (Å²) in [7, 11) is 0. The van der Waals surface area contributed by atoms with Crippen molar-refractivity contribution in [2.45, 2.75) is 0 Å². The van der Waals surface area contributed by atoms with Crippen molar-refractivity contribution >= 4 is 27.5 Å². The number of hydrogen-bond acceptors (Lipinski definition) is 3. The third-order valence-corrected chi connectivity index (χ3v) is 4.07. The number of benzene rings is 2. The number of hydrogen-bond donors (Lipinski definition) is 2. The molecule has 0 unspecified atom stereocenters. The molecule has 0 bridgehead atoms. The van der Waals surface area contributed by atoms with E-state index in [1.54, 1.807) is 12.3 Å². The molecule has 0 radical (unpaired) electrons. The lowest BCUT2D eigenvalue weighted by atomic mass is 10.0. The van der Waals surface area contributed by atoms with Crippen molar-refractivity contribution < 1.29 is 4.79 Å². The highest BCUT2D eigenvalue weighted by Crippen LogP contribution is 2.20. The summed E-state index contributed by atoms with van der Waals surface area (Å²) in [5.74, 6) is -0.282. The number of amides is 1. The molecule has 124 valence electrons. The van der Waals surface area contributed by atoms with Crippen LogP contribution < -0.4 is 10.9 Å². The summed E-state index contributed by atoms with van der Waals surface area (Å²) in [6.45, 7) is 3.96.